The highest BCUT2D eigenvalue weighted by Gasteiger charge is 2.26. The van der Waals surface area contributed by atoms with Gasteiger partial charge >= 0.3 is 6.09 Å². The lowest BCUT2D eigenvalue weighted by Gasteiger charge is -2.08. The van der Waals surface area contributed by atoms with Crippen LogP contribution in [0.5, 0.6) is 0 Å². The van der Waals surface area contributed by atoms with Gasteiger partial charge in [-0.25, -0.2) is 13.6 Å². The molecule has 1 aromatic carbocycles. The molecule has 15 heavy (non-hydrogen) atoms. The lowest BCUT2D eigenvalue weighted by molar-refractivity contribution is 0.176. The third-order valence-corrected chi connectivity index (χ3v) is 2.01. The third-order valence-electron chi connectivity index (χ3n) is 2.01. The van der Waals surface area contributed by atoms with Gasteiger partial charge in [0.05, 0.1) is 6.04 Å². The van der Waals surface area contributed by atoms with E-state index in [2.05, 4.69) is 10.1 Å². The van der Waals surface area contributed by atoms with Crippen LogP contribution in [0.2, 0.25) is 0 Å². The molecular formula is C9H8ClF2NO2. The van der Waals surface area contributed by atoms with E-state index in [1.807, 2.05) is 0 Å². The van der Waals surface area contributed by atoms with Crippen LogP contribution in [0.15, 0.2) is 18.2 Å². The average molecular weight is 236 g/mol. The monoisotopic (exact) mass is 235 g/mol. The fourth-order valence-electron chi connectivity index (χ4n) is 1.33. The first-order chi connectivity index (χ1) is 6.66. The van der Waals surface area contributed by atoms with Gasteiger partial charge in [-0.1, -0.05) is 0 Å². The van der Waals surface area contributed by atoms with E-state index in [4.69, 9.17) is 0 Å². The Bertz CT molecular complexity index is 386. The lowest BCUT2D eigenvalue weighted by Crippen LogP contribution is -2.19. The molecule has 6 heteroatoms. The molecule has 1 amide bonds. The molecule has 0 spiro atoms. The molecular weight excluding hydrogens is 228 g/mol. The van der Waals surface area contributed by atoms with E-state index < -0.39 is 23.8 Å². The van der Waals surface area contributed by atoms with Crippen LogP contribution < -0.4 is 5.32 Å². The van der Waals surface area contributed by atoms with Gasteiger partial charge in [-0.3, -0.25) is 0 Å². The molecule has 0 bridgehead atoms. The van der Waals surface area contributed by atoms with E-state index in [9.17, 15) is 13.6 Å². The summed E-state index contributed by atoms with van der Waals surface area (Å²) in [6, 6.07) is 2.50. The second-order valence-corrected chi connectivity index (χ2v) is 2.96. The first-order valence-electron chi connectivity index (χ1n) is 4.05. The highest BCUT2D eigenvalue weighted by Crippen LogP contribution is 2.21. The van der Waals surface area contributed by atoms with Gasteiger partial charge in [-0.2, -0.15) is 0 Å². The van der Waals surface area contributed by atoms with Crippen LogP contribution in [0.25, 0.3) is 0 Å². The van der Waals surface area contributed by atoms with Crippen molar-refractivity contribution in [1.82, 2.24) is 5.32 Å². The summed E-state index contributed by atoms with van der Waals surface area (Å²) in [7, 11) is 0. The van der Waals surface area contributed by atoms with Crippen LogP contribution in [-0.4, -0.2) is 12.7 Å². The van der Waals surface area contributed by atoms with Crippen LogP contribution in [0.4, 0.5) is 13.6 Å². The average Bonchev–Trinajstić information content (AvgIpc) is 2.56. The van der Waals surface area contributed by atoms with Gasteiger partial charge in [0.15, 0.2) is 0 Å². The van der Waals surface area contributed by atoms with Gasteiger partial charge < -0.3 is 10.1 Å². The van der Waals surface area contributed by atoms with E-state index >= 15 is 0 Å². The molecule has 1 heterocycles. The van der Waals surface area contributed by atoms with Crippen molar-refractivity contribution in [2.24, 2.45) is 0 Å². The van der Waals surface area contributed by atoms with Gasteiger partial charge in [-0.15, -0.1) is 12.4 Å². The van der Waals surface area contributed by atoms with E-state index in [1.165, 1.54) is 0 Å². The number of halogens is 3. The predicted octanol–water partition coefficient (Wildman–Crippen LogP) is 2.17. The van der Waals surface area contributed by atoms with Crippen molar-refractivity contribution in [2.45, 2.75) is 6.04 Å². The Morgan fingerprint density at radius 3 is 2.73 bits per heavy atom. The van der Waals surface area contributed by atoms with Crippen molar-refractivity contribution in [2.75, 3.05) is 6.61 Å². The van der Waals surface area contributed by atoms with Crippen LogP contribution in [-0.2, 0) is 4.74 Å². The summed E-state index contributed by atoms with van der Waals surface area (Å²) in [5, 5.41) is 2.37. The van der Waals surface area contributed by atoms with Crippen molar-refractivity contribution in [3.63, 3.8) is 0 Å². The number of benzene rings is 1. The second-order valence-electron chi connectivity index (χ2n) is 2.96. The van der Waals surface area contributed by atoms with Gasteiger partial charge in [0.2, 0.25) is 0 Å². The molecule has 0 unspecified atom stereocenters. The highest BCUT2D eigenvalue weighted by molar-refractivity contribution is 5.85. The Morgan fingerprint density at radius 1 is 1.40 bits per heavy atom. The Labute approximate surface area is 90.8 Å². The summed E-state index contributed by atoms with van der Waals surface area (Å²) in [6.45, 7) is 0.0270. The molecule has 0 saturated carbocycles. The standard InChI is InChI=1S/C9H7F2NO2.ClH/c10-5-1-2-7(11)6(3-5)8-4-14-9(13)12-8;/h1-3,8H,4H2,(H,12,13);1H/t8-;/m0./s1. The number of hydrogen-bond donors (Lipinski definition) is 1. The maximum atomic E-state index is 13.2. The molecule has 0 aliphatic carbocycles. The van der Waals surface area contributed by atoms with Gasteiger partial charge in [0, 0.05) is 5.56 Å². The first-order valence-corrected chi connectivity index (χ1v) is 4.05. The fourth-order valence-corrected chi connectivity index (χ4v) is 1.33. The van der Waals surface area contributed by atoms with Crippen molar-refractivity contribution in [1.29, 1.82) is 0 Å². The molecule has 3 nitrogen and oxygen atoms in total. The van der Waals surface area contributed by atoms with Crippen LogP contribution >= 0.6 is 12.4 Å². The summed E-state index contributed by atoms with van der Waals surface area (Å²) < 4.78 is 30.5. The van der Waals surface area contributed by atoms with E-state index in [0.717, 1.165) is 18.2 Å². The third kappa shape index (κ3) is 2.36. The summed E-state index contributed by atoms with van der Waals surface area (Å²) in [5.74, 6) is -1.09. The zero-order valence-electron chi connectivity index (χ0n) is 7.50. The molecule has 1 aliphatic rings. The van der Waals surface area contributed by atoms with Crippen molar-refractivity contribution in [3.05, 3.63) is 35.4 Å². The second kappa shape index (κ2) is 4.44. The zero-order valence-corrected chi connectivity index (χ0v) is 8.31. The smallest absolute Gasteiger partial charge is 0.407 e. The molecule has 1 aliphatic heterocycles. The van der Waals surface area contributed by atoms with Crippen LogP contribution in [0, 0.1) is 11.6 Å². The zero-order chi connectivity index (χ0) is 10.1. The van der Waals surface area contributed by atoms with Crippen molar-refractivity contribution >= 4 is 18.5 Å². The Morgan fingerprint density at radius 2 is 2.13 bits per heavy atom. The summed E-state index contributed by atoms with van der Waals surface area (Å²) in [5.41, 5.74) is 0.107. The normalized spacial score (nSPS) is 19.1. The Hall–Kier alpha value is -1.36. The molecule has 82 valence electrons. The summed E-state index contributed by atoms with van der Waals surface area (Å²) in [6.07, 6.45) is -0.612. The molecule has 1 N–H and O–H groups in total. The first kappa shape index (κ1) is 11.7. The van der Waals surface area contributed by atoms with E-state index in [1.54, 1.807) is 0 Å². The molecule has 1 atom stereocenters. The molecule has 0 radical (unpaired) electrons. The number of carbonyl (C=O) groups excluding carboxylic acids is 1. The number of alkyl carbamates (subject to hydrolysis) is 1. The quantitative estimate of drug-likeness (QED) is 0.810. The van der Waals surface area contributed by atoms with Crippen molar-refractivity contribution in [3.8, 4) is 0 Å². The Kier molecular flexibility index (Phi) is 3.47. The van der Waals surface area contributed by atoms with E-state index in [0.29, 0.717) is 0 Å². The van der Waals surface area contributed by atoms with Crippen LogP contribution in [0.3, 0.4) is 0 Å². The highest BCUT2D eigenvalue weighted by atomic mass is 35.5. The predicted molar refractivity (Wildman–Crippen MR) is 50.8 cm³/mol. The topological polar surface area (TPSA) is 38.3 Å². The van der Waals surface area contributed by atoms with Crippen LogP contribution in [0.1, 0.15) is 11.6 Å². The Balaban J connectivity index is 0.00000112. The van der Waals surface area contributed by atoms with E-state index in [-0.39, 0.29) is 24.6 Å². The molecule has 1 fully saturated rings. The minimum Gasteiger partial charge on any atom is -0.447 e. The fraction of sp³-hybridized carbons (Fsp3) is 0.222. The minimum atomic E-state index is -0.612. The number of carbonyl (C=O) groups is 1. The summed E-state index contributed by atoms with van der Waals surface area (Å²) in [4.78, 5) is 10.7. The molecule has 1 aromatic rings. The molecule has 2 rings (SSSR count). The number of rotatable bonds is 1. The molecule has 1 saturated heterocycles. The largest absolute Gasteiger partial charge is 0.447 e. The number of ether oxygens (including phenoxy) is 1. The van der Waals surface area contributed by atoms with Gasteiger partial charge in [0.1, 0.15) is 18.2 Å². The number of nitrogens with one attached hydrogen (secondary N) is 1. The van der Waals surface area contributed by atoms with Gasteiger partial charge in [-0.05, 0) is 18.2 Å². The molecule has 0 aromatic heterocycles. The SMILES string of the molecule is Cl.O=C1N[C@H](c2cc(F)ccc2F)CO1. The van der Waals surface area contributed by atoms with Crippen molar-refractivity contribution < 1.29 is 18.3 Å². The number of cyclic esters (lactones) is 1. The lowest BCUT2D eigenvalue weighted by atomic mass is 10.1. The number of hydrogen-bond acceptors (Lipinski definition) is 2. The van der Waals surface area contributed by atoms with Gasteiger partial charge in [0.25, 0.3) is 0 Å². The number of amides is 1. The maximum absolute atomic E-state index is 13.2. The minimum absolute atomic E-state index is 0. The maximum Gasteiger partial charge on any atom is 0.407 e. The summed E-state index contributed by atoms with van der Waals surface area (Å²) >= 11 is 0.